The Morgan fingerprint density at radius 2 is 2.08 bits per heavy atom. The SMILES string of the molecule is C(=C\C1CCCS1)/C1CCCCN1. The first-order valence-corrected chi connectivity index (χ1v) is 6.53. The predicted octanol–water partition coefficient (Wildman–Crippen LogP) is 2.58. The van der Waals surface area contributed by atoms with E-state index in [-0.39, 0.29) is 0 Å². The smallest absolute Gasteiger partial charge is 0.0250 e. The van der Waals surface area contributed by atoms with Gasteiger partial charge in [0.1, 0.15) is 0 Å². The molecule has 74 valence electrons. The van der Waals surface area contributed by atoms with E-state index in [0.29, 0.717) is 6.04 Å². The van der Waals surface area contributed by atoms with Crippen molar-refractivity contribution in [1.29, 1.82) is 0 Å². The van der Waals surface area contributed by atoms with Gasteiger partial charge < -0.3 is 5.32 Å². The quantitative estimate of drug-likeness (QED) is 0.683. The molecule has 2 aliphatic rings. The molecule has 2 saturated heterocycles. The maximum atomic E-state index is 3.55. The number of hydrogen-bond acceptors (Lipinski definition) is 2. The zero-order valence-corrected chi connectivity index (χ0v) is 8.98. The van der Waals surface area contributed by atoms with Crippen molar-refractivity contribution < 1.29 is 0 Å². The molecule has 2 unspecified atom stereocenters. The fraction of sp³-hybridized carbons (Fsp3) is 0.818. The Morgan fingerprint density at radius 1 is 1.08 bits per heavy atom. The van der Waals surface area contributed by atoms with Crippen LogP contribution in [0, 0.1) is 0 Å². The maximum Gasteiger partial charge on any atom is 0.0250 e. The van der Waals surface area contributed by atoms with Gasteiger partial charge in [0, 0.05) is 11.3 Å². The summed E-state index contributed by atoms with van der Waals surface area (Å²) in [7, 11) is 0. The number of hydrogen-bond donors (Lipinski definition) is 1. The topological polar surface area (TPSA) is 12.0 Å². The molecule has 1 nitrogen and oxygen atoms in total. The molecule has 0 aromatic rings. The molecule has 2 aliphatic heterocycles. The van der Waals surface area contributed by atoms with E-state index >= 15 is 0 Å². The van der Waals surface area contributed by atoms with Crippen LogP contribution >= 0.6 is 11.8 Å². The van der Waals surface area contributed by atoms with E-state index in [1.54, 1.807) is 0 Å². The Morgan fingerprint density at radius 3 is 2.77 bits per heavy atom. The van der Waals surface area contributed by atoms with E-state index in [9.17, 15) is 0 Å². The molecule has 0 bridgehead atoms. The van der Waals surface area contributed by atoms with Gasteiger partial charge in [-0.25, -0.2) is 0 Å². The Hall–Kier alpha value is 0.0500. The van der Waals surface area contributed by atoms with Gasteiger partial charge in [0.25, 0.3) is 0 Å². The highest BCUT2D eigenvalue weighted by Crippen LogP contribution is 2.27. The fourth-order valence-electron chi connectivity index (χ4n) is 2.06. The Balaban J connectivity index is 1.74. The van der Waals surface area contributed by atoms with Gasteiger partial charge >= 0.3 is 0 Å². The van der Waals surface area contributed by atoms with Crippen molar-refractivity contribution in [2.75, 3.05) is 12.3 Å². The minimum Gasteiger partial charge on any atom is -0.311 e. The Bertz CT molecular complexity index is 167. The molecule has 2 atom stereocenters. The molecule has 0 amide bonds. The molecule has 2 heteroatoms. The van der Waals surface area contributed by atoms with Gasteiger partial charge in [-0.05, 0) is 38.0 Å². The summed E-state index contributed by atoms with van der Waals surface area (Å²) in [6.45, 7) is 1.22. The highest BCUT2D eigenvalue weighted by atomic mass is 32.2. The lowest BCUT2D eigenvalue weighted by molar-refractivity contribution is 0.454. The van der Waals surface area contributed by atoms with Crippen LogP contribution in [0.5, 0.6) is 0 Å². The van der Waals surface area contributed by atoms with E-state index in [2.05, 4.69) is 29.2 Å². The Labute approximate surface area is 85.4 Å². The second kappa shape index (κ2) is 5.06. The van der Waals surface area contributed by atoms with Crippen LogP contribution in [0.3, 0.4) is 0 Å². The first-order chi connectivity index (χ1) is 6.45. The maximum absolute atomic E-state index is 3.55. The zero-order valence-electron chi connectivity index (χ0n) is 8.17. The summed E-state index contributed by atoms with van der Waals surface area (Å²) >= 11 is 2.12. The molecule has 0 radical (unpaired) electrons. The van der Waals surface area contributed by atoms with Gasteiger partial charge in [-0.2, -0.15) is 11.8 Å². The van der Waals surface area contributed by atoms with Gasteiger partial charge in [0.2, 0.25) is 0 Å². The van der Waals surface area contributed by atoms with E-state index in [1.807, 2.05) is 0 Å². The highest BCUT2D eigenvalue weighted by molar-refractivity contribution is 8.00. The number of thioether (sulfide) groups is 1. The van der Waals surface area contributed by atoms with Crippen LogP contribution in [0.4, 0.5) is 0 Å². The normalized spacial score (nSPS) is 35.7. The van der Waals surface area contributed by atoms with Gasteiger partial charge in [-0.1, -0.05) is 18.6 Å². The zero-order chi connectivity index (χ0) is 8.93. The van der Waals surface area contributed by atoms with Gasteiger partial charge in [0.05, 0.1) is 0 Å². The molecule has 0 saturated carbocycles. The van der Waals surface area contributed by atoms with Crippen molar-refractivity contribution >= 4 is 11.8 Å². The standard InChI is InChI=1S/C11H19NS/c1-2-8-12-10(4-1)6-7-11-5-3-9-13-11/h6-7,10-12H,1-5,8-9H2/b7-6+. The Kier molecular flexibility index (Phi) is 3.74. The van der Waals surface area contributed by atoms with Gasteiger partial charge in [0.15, 0.2) is 0 Å². The average molecular weight is 197 g/mol. The van der Waals surface area contributed by atoms with E-state index in [1.165, 1.54) is 44.4 Å². The van der Waals surface area contributed by atoms with Crippen LogP contribution in [0.2, 0.25) is 0 Å². The van der Waals surface area contributed by atoms with Crippen LogP contribution in [-0.2, 0) is 0 Å². The molecule has 13 heavy (non-hydrogen) atoms. The molecule has 1 N–H and O–H groups in total. The van der Waals surface area contributed by atoms with Crippen molar-refractivity contribution in [2.24, 2.45) is 0 Å². The summed E-state index contributed by atoms with van der Waals surface area (Å²) in [6, 6.07) is 0.676. The predicted molar refractivity (Wildman–Crippen MR) is 60.3 cm³/mol. The number of nitrogens with one attached hydrogen (secondary N) is 1. The molecule has 2 rings (SSSR count). The van der Waals surface area contributed by atoms with Crippen LogP contribution in [-0.4, -0.2) is 23.6 Å². The first-order valence-electron chi connectivity index (χ1n) is 5.48. The summed E-state index contributed by atoms with van der Waals surface area (Å²) in [5, 5.41) is 4.37. The van der Waals surface area contributed by atoms with Crippen LogP contribution < -0.4 is 5.32 Å². The average Bonchev–Trinajstić information content (AvgIpc) is 2.69. The molecule has 0 aliphatic carbocycles. The van der Waals surface area contributed by atoms with Crippen molar-refractivity contribution in [3.8, 4) is 0 Å². The fourth-order valence-corrected chi connectivity index (χ4v) is 3.23. The van der Waals surface area contributed by atoms with Crippen molar-refractivity contribution in [1.82, 2.24) is 5.32 Å². The largest absolute Gasteiger partial charge is 0.311 e. The van der Waals surface area contributed by atoms with Crippen molar-refractivity contribution in [3.63, 3.8) is 0 Å². The second-order valence-corrected chi connectivity index (χ2v) is 5.34. The monoisotopic (exact) mass is 197 g/mol. The van der Waals surface area contributed by atoms with E-state index in [4.69, 9.17) is 0 Å². The van der Waals surface area contributed by atoms with E-state index < -0.39 is 0 Å². The third kappa shape index (κ3) is 3.03. The van der Waals surface area contributed by atoms with Crippen LogP contribution in [0.1, 0.15) is 32.1 Å². The molecule has 2 heterocycles. The summed E-state index contributed by atoms with van der Waals surface area (Å²) in [5.41, 5.74) is 0. The molecule has 2 fully saturated rings. The van der Waals surface area contributed by atoms with Crippen LogP contribution in [0.15, 0.2) is 12.2 Å². The lowest BCUT2D eigenvalue weighted by atomic mass is 10.0. The second-order valence-electron chi connectivity index (χ2n) is 3.99. The summed E-state index contributed by atoms with van der Waals surface area (Å²) in [6.07, 6.45) is 11.8. The van der Waals surface area contributed by atoms with Crippen molar-refractivity contribution in [3.05, 3.63) is 12.2 Å². The first kappa shape index (κ1) is 9.60. The minimum atomic E-state index is 0.676. The van der Waals surface area contributed by atoms with E-state index in [0.717, 1.165) is 5.25 Å². The summed E-state index contributed by atoms with van der Waals surface area (Å²) in [5.74, 6) is 1.37. The number of rotatable bonds is 2. The molecular weight excluding hydrogens is 178 g/mol. The molecular formula is C11H19NS. The molecule has 0 aromatic heterocycles. The summed E-state index contributed by atoms with van der Waals surface area (Å²) < 4.78 is 0. The van der Waals surface area contributed by atoms with Gasteiger partial charge in [-0.15, -0.1) is 0 Å². The minimum absolute atomic E-state index is 0.676. The highest BCUT2D eigenvalue weighted by Gasteiger charge is 2.13. The molecule has 0 aromatic carbocycles. The van der Waals surface area contributed by atoms with Gasteiger partial charge in [-0.3, -0.25) is 0 Å². The molecule has 0 spiro atoms. The van der Waals surface area contributed by atoms with Crippen molar-refractivity contribution in [2.45, 2.75) is 43.4 Å². The third-order valence-corrected chi connectivity index (χ3v) is 4.22. The third-order valence-electron chi connectivity index (χ3n) is 2.87. The lowest BCUT2D eigenvalue weighted by Crippen LogP contribution is -2.32. The lowest BCUT2D eigenvalue weighted by Gasteiger charge is -2.20. The van der Waals surface area contributed by atoms with Crippen LogP contribution in [0.25, 0.3) is 0 Å². The summed E-state index contributed by atoms with van der Waals surface area (Å²) in [4.78, 5) is 0. The number of piperidine rings is 1.